The molecule has 0 saturated heterocycles. The van der Waals surface area contributed by atoms with Crippen molar-refractivity contribution < 1.29 is 4.92 Å². The molecule has 3 heterocycles. The van der Waals surface area contributed by atoms with Gasteiger partial charge in [-0.2, -0.15) is 5.26 Å². The standard InChI is InChI=1S/C19H14N6O2/c20-11-13-9-18(23-17-5-4-15(25(26)27)10-16(13)17)21-7-6-14-12-24-8-2-1-3-19(24)22-14/h1-5,8-10,12H,6-7H2,(H,21,23). The largest absolute Gasteiger partial charge is 0.370 e. The number of nitro benzene ring substituents is 1. The molecule has 0 atom stereocenters. The van der Waals surface area contributed by atoms with E-state index in [-0.39, 0.29) is 5.69 Å². The third kappa shape index (κ3) is 3.26. The third-order valence-electron chi connectivity index (χ3n) is 4.22. The third-order valence-corrected chi connectivity index (χ3v) is 4.22. The average Bonchev–Trinajstić information content (AvgIpc) is 3.09. The number of benzene rings is 1. The van der Waals surface area contributed by atoms with E-state index in [9.17, 15) is 15.4 Å². The molecule has 0 amide bonds. The van der Waals surface area contributed by atoms with E-state index in [1.165, 1.54) is 12.1 Å². The molecule has 1 aromatic carbocycles. The Morgan fingerprint density at radius 1 is 1.22 bits per heavy atom. The highest BCUT2D eigenvalue weighted by atomic mass is 16.6. The summed E-state index contributed by atoms with van der Waals surface area (Å²) in [6, 6.07) is 13.8. The average molecular weight is 358 g/mol. The van der Waals surface area contributed by atoms with Crippen molar-refractivity contribution in [1.82, 2.24) is 14.4 Å². The van der Waals surface area contributed by atoms with Crippen LogP contribution in [0.15, 0.2) is 54.9 Å². The lowest BCUT2D eigenvalue weighted by molar-refractivity contribution is -0.384. The van der Waals surface area contributed by atoms with Gasteiger partial charge in [0.25, 0.3) is 5.69 Å². The Balaban J connectivity index is 1.54. The van der Waals surface area contributed by atoms with E-state index in [1.807, 2.05) is 35.0 Å². The summed E-state index contributed by atoms with van der Waals surface area (Å²) in [5.74, 6) is 0.552. The van der Waals surface area contributed by atoms with Crippen molar-refractivity contribution in [2.24, 2.45) is 0 Å². The molecule has 27 heavy (non-hydrogen) atoms. The number of non-ortho nitro benzene ring substituents is 1. The minimum atomic E-state index is -0.485. The second-order valence-corrected chi connectivity index (χ2v) is 6.00. The Morgan fingerprint density at radius 3 is 2.89 bits per heavy atom. The van der Waals surface area contributed by atoms with Gasteiger partial charge in [0.2, 0.25) is 0 Å². The molecule has 0 aliphatic carbocycles. The lowest BCUT2D eigenvalue weighted by atomic mass is 10.1. The number of imidazole rings is 1. The number of nitrogens with zero attached hydrogens (tertiary/aromatic N) is 5. The van der Waals surface area contributed by atoms with Crippen LogP contribution in [0.25, 0.3) is 16.6 Å². The molecule has 0 bridgehead atoms. The van der Waals surface area contributed by atoms with Gasteiger partial charge >= 0.3 is 0 Å². The van der Waals surface area contributed by atoms with Gasteiger partial charge in [0.1, 0.15) is 11.5 Å². The highest BCUT2D eigenvalue weighted by molar-refractivity contribution is 5.88. The first kappa shape index (κ1) is 16.5. The summed E-state index contributed by atoms with van der Waals surface area (Å²) in [6.07, 6.45) is 4.62. The number of nitrogens with one attached hydrogen (secondary N) is 1. The van der Waals surface area contributed by atoms with Crippen LogP contribution in [-0.2, 0) is 6.42 Å². The predicted molar refractivity (Wildman–Crippen MR) is 100 cm³/mol. The second-order valence-electron chi connectivity index (χ2n) is 6.00. The molecular weight excluding hydrogens is 344 g/mol. The summed E-state index contributed by atoms with van der Waals surface area (Å²) in [5.41, 5.74) is 2.66. The van der Waals surface area contributed by atoms with E-state index in [0.717, 1.165) is 11.3 Å². The van der Waals surface area contributed by atoms with Crippen LogP contribution in [-0.4, -0.2) is 25.8 Å². The molecule has 0 saturated carbocycles. The monoisotopic (exact) mass is 358 g/mol. The number of hydrogen-bond acceptors (Lipinski definition) is 6. The zero-order chi connectivity index (χ0) is 18.8. The molecule has 1 N–H and O–H groups in total. The van der Waals surface area contributed by atoms with E-state index >= 15 is 0 Å². The Bertz CT molecular complexity index is 1170. The van der Waals surface area contributed by atoms with E-state index in [4.69, 9.17) is 0 Å². The van der Waals surface area contributed by atoms with E-state index in [2.05, 4.69) is 21.4 Å². The Morgan fingerprint density at radius 2 is 2.11 bits per heavy atom. The van der Waals surface area contributed by atoms with Gasteiger partial charge < -0.3 is 9.72 Å². The van der Waals surface area contributed by atoms with Gasteiger partial charge in [0.05, 0.1) is 27.8 Å². The lowest BCUT2D eigenvalue weighted by Crippen LogP contribution is -2.07. The Kier molecular flexibility index (Phi) is 4.10. The van der Waals surface area contributed by atoms with Crippen molar-refractivity contribution >= 4 is 28.1 Å². The van der Waals surface area contributed by atoms with Crippen molar-refractivity contribution in [1.29, 1.82) is 5.26 Å². The molecule has 4 rings (SSSR count). The van der Waals surface area contributed by atoms with Gasteiger partial charge in [-0.3, -0.25) is 10.1 Å². The number of hydrogen-bond donors (Lipinski definition) is 1. The molecule has 3 aromatic heterocycles. The predicted octanol–water partition coefficient (Wildman–Crippen LogP) is 3.32. The fraction of sp³-hybridized carbons (Fsp3) is 0.105. The molecule has 8 heteroatoms. The highest BCUT2D eigenvalue weighted by Gasteiger charge is 2.11. The zero-order valence-electron chi connectivity index (χ0n) is 14.2. The van der Waals surface area contributed by atoms with Gasteiger partial charge in [-0.15, -0.1) is 0 Å². The molecule has 0 spiro atoms. The van der Waals surface area contributed by atoms with Gasteiger partial charge in [-0.05, 0) is 24.3 Å². The van der Waals surface area contributed by atoms with Crippen molar-refractivity contribution in [3.63, 3.8) is 0 Å². The minimum Gasteiger partial charge on any atom is -0.370 e. The molecule has 0 aliphatic heterocycles. The number of pyridine rings is 2. The van der Waals surface area contributed by atoms with Crippen LogP contribution in [0.1, 0.15) is 11.3 Å². The molecule has 8 nitrogen and oxygen atoms in total. The molecule has 132 valence electrons. The minimum absolute atomic E-state index is 0.0617. The van der Waals surface area contributed by atoms with Crippen molar-refractivity contribution in [3.05, 3.63) is 76.2 Å². The number of aromatic nitrogens is 3. The highest BCUT2D eigenvalue weighted by Crippen LogP contribution is 2.24. The molecule has 0 fully saturated rings. The summed E-state index contributed by atoms with van der Waals surface area (Å²) in [6.45, 7) is 0.597. The summed E-state index contributed by atoms with van der Waals surface area (Å²) in [4.78, 5) is 19.4. The van der Waals surface area contributed by atoms with Crippen LogP contribution in [0.5, 0.6) is 0 Å². The maximum atomic E-state index is 10.9. The Labute approximate surface area is 153 Å². The first-order chi connectivity index (χ1) is 13.1. The summed E-state index contributed by atoms with van der Waals surface area (Å²) >= 11 is 0. The van der Waals surface area contributed by atoms with E-state index in [1.54, 1.807) is 12.1 Å². The normalized spacial score (nSPS) is 10.8. The van der Waals surface area contributed by atoms with Crippen molar-refractivity contribution in [3.8, 4) is 6.07 Å². The first-order valence-corrected chi connectivity index (χ1v) is 8.30. The first-order valence-electron chi connectivity index (χ1n) is 8.30. The van der Waals surface area contributed by atoms with Gasteiger partial charge in [-0.25, -0.2) is 9.97 Å². The van der Waals surface area contributed by atoms with Gasteiger partial charge in [-0.1, -0.05) is 6.07 Å². The lowest BCUT2D eigenvalue weighted by Gasteiger charge is -2.07. The number of nitriles is 1. The van der Waals surface area contributed by atoms with Crippen molar-refractivity contribution in [2.45, 2.75) is 6.42 Å². The number of fused-ring (bicyclic) bond motifs is 2. The summed E-state index contributed by atoms with van der Waals surface area (Å²) in [5, 5.41) is 24.0. The fourth-order valence-electron chi connectivity index (χ4n) is 2.94. The zero-order valence-corrected chi connectivity index (χ0v) is 14.2. The van der Waals surface area contributed by atoms with Gasteiger partial charge in [0, 0.05) is 42.9 Å². The number of anilines is 1. The van der Waals surface area contributed by atoms with Crippen LogP contribution in [0, 0.1) is 21.4 Å². The summed E-state index contributed by atoms with van der Waals surface area (Å²) in [7, 11) is 0. The SMILES string of the molecule is N#Cc1cc(NCCc2cn3ccccc3n2)nc2ccc([N+](=O)[O-])cc12. The maximum Gasteiger partial charge on any atom is 0.270 e. The van der Waals surface area contributed by atoms with E-state index < -0.39 is 4.92 Å². The van der Waals surface area contributed by atoms with Crippen LogP contribution in [0.2, 0.25) is 0 Å². The number of nitro groups is 1. The van der Waals surface area contributed by atoms with E-state index in [0.29, 0.717) is 35.2 Å². The van der Waals surface area contributed by atoms with Crippen LogP contribution in [0.4, 0.5) is 11.5 Å². The van der Waals surface area contributed by atoms with Crippen LogP contribution in [0.3, 0.4) is 0 Å². The number of rotatable bonds is 5. The molecule has 4 aromatic rings. The molecular formula is C19H14N6O2. The van der Waals surface area contributed by atoms with Crippen molar-refractivity contribution in [2.75, 3.05) is 11.9 Å². The summed E-state index contributed by atoms with van der Waals surface area (Å²) < 4.78 is 1.96. The quantitative estimate of drug-likeness (QED) is 0.433. The molecule has 0 aliphatic rings. The Hall–Kier alpha value is -3.99. The maximum absolute atomic E-state index is 10.9. The van der Waals surface area contributed by atoms with Crippen LogP contribution >= 0.6 is 0 Å². The fourth-order valence-corrected chi connectivity index (χ4v) is 2.94. The van der Waals surface area contributed by atoms with Gasteiger partial charge in [0.15, 0.2) is 0 Å². The second kappa shape index (κ2) is 6.72. The molecule has 0 unspecified atom stereocenters. The molecule has 0 radical (unpaired) electrons. The topological polar surface area (TPSA) is 109 Å². The smallest absolute Gasteiger partial charge is 0.270 e. The van der Waals surface area contributed by atoms with Crippen LogP contribution < -0.4 is 5.32 Å².